The highest BCUT2D eigenvalue weighted by Gasteiger charge is 2.16. The Bertz CT molecular complexity index is 418. The summed E-state index contributed by atoms with van der Waals surface area (Å²) < 4.78 is 0. The Morgan fingerprint density at radius 2 is 2.17 bits per heavy atom. The number of nitrogens with two attached hydrogens (primary N) is 1. The molecule has 0 atom stereocenters. The van der Waals surface area contributed by atoms with E-state index in [9.17, 15) is 0 Å². The average Bonchev–Trinajstić information content (AvgIpc) is 2.37. The first kappa shape index (κ1) is 14.6. The van der Waals surface area contributed by atoms with Gasteiger partial charge in [-0.2, -0.15) is 0 Å². The predicted molar refractivity (Wildman–Crippen MR) is 73.6 cm³/mol. The van der Waals surface area contributed by atoms with Gasteiger partial charge in [0.05, 0.1) is 17.2 Å². The standard InChI is InChI=1S/C12H18ClN3O2/c1-2-6-16(7-8-17)10-5-3-4-9(13)11(10)12(14)15-18/h3-5,17-18H,2,6-8H2,1H3,(H2,14,15). The molecule has 5 nitrogen and oxygen atoms in total. The van der Waals surface area contributed by atoms with E-state index in [1.807, 2.05) is 17.9 Å². The van der Waals surface area contributed by atoms with Crippen molar-refractivity contribution >= 4 is 23.1 Å². The second kappa shape index (κ2) is 7.08. The number of oxime groups is 1. The van der Waals surface area contributed by atoms with Crippen molar-refractivity contribution in [2.75, 3.05) is 24.6 Å². The lowest BCUT2D eigenvalue weighted by Gasteiger charge is -2.26. The molecule has 100 valence electrons. The highest BCUT2D eigenvalue weighted by atomic mass is 35.5. The lowest BCUT2D eigenvalue weighted by Crippen LogP contribution is -2.30. The Kier molecular flexibility index (Phi) is 5.74. The third kappa shape index (κ3) is 3.27. The summed E-state index contributed by atoms with van der Waals surface area (Å²) >= 11 is 6.09. The number of nitrogens with zero attached hydrogens (tertiary/aromatic N) is 2. The molecule has 0 spiro atoms. The van der Waals surface area contributed by atoms with Gasteiger partial charge in [0.25, 0.3) is 0 Å². The van der Waals surface area contributed by atoms with Gasteiger partial charge in [-0.25, -0.2) is 0 Å². The van der Waals surface area contributed by atoms with E-state index in [-0.39, 0.29) is 12.4 Å². The minimum absolute atomic E-state index is 0.0299. The van der Waals surface area contributed by atoms with Gasteiger partial charge < -0.3 is 20.9 Å². The topological polar surface area (TPSA) is 82.1 Å². The monoisotopic (exact) mass is 271 g/mol. The SMILES string of the molecule is CCCN(CCO)c1cccc(Cl)c1C(N)=NO. The number of benzene rings is 1. The molecular weight excluding hydrogens is 254 g/mol. The summed E-state index contributed by atoms with van der Waals surface area (Å²) in [5.74, 6) is -0.0327. The third-order valence-corrected chi connectivity index (χ3v) is 2.87. The summed E-state index contributed by atoms with van der Waals surface area (Å²) in [5, 5.41) is 21.3. The maximum absolute atomic E-state index is 9.10. The molecule has 1 rings (SSSR count). The van der Waals surface area contributed by atoms with Gasteiger partial charge in [-0.05, 0) is 18.6 Å². The molecule has 0 radical (unpaired) electrons. The van der Waals surface area contributed by atoms with E-state index < -0.39 is 0 Å². The predicted octanol–water partition coefficient (Wildman–Crippen LogP) is 1.64. The summed E-state index contributed by atoms with van der Waals surface area (Å²) in [4.78, 5) is 1.96. The van der Waals surface area contributed by atoms with Gasteiger partial charge in [0.15, 0.2) is 5.84 Å². The summed E-state index contributed by atoms with van der Waals surface area (Å²) in [6, 6.07) is 5.32. The van der Waals surface area contributed by atoms with Gasteiger partial charge in [-0.15, -0.1) is 0 Å². The van der Waals surface area contributed by atoms with E-state index in [0.29, 0.717) is 17.1 Å². The molecule has 0 aliphatic heterocycles. The minimum atomic E-state index is -0.0327. The molecular formula is C12H18ClN3O2. The van der Waals surface area contributed by atoms with E-state index in [1.165, 1.54) is 0 Å². The Balaban J connectivity index is 3.24. The molecule has 1 aromatic carbocycles. The molecule has 0 saturated heterocycles. The maximum atomic E-state index is 9.10. The number of aliphatic hydroxyl groups is 1. The molecule has 0 unspecified atom stereocenters. The molecule has 0 fully saturated rings. The fraction of sp³-hybridized carbons (Fsp3) is 0.417. The van der Waals surface area contributed by atoms with Crippen LogP contribution in [0, 0.1) is 0 Å². The smallest absolute Gasteiger partial charge is 0.173 e. The summed E-state index contributed by atoms with van der Waals surface area (Å²) in [5.41, 5.74) is 6.90. The van der Waals surface area contributed by atoms with Crippen LogP contribution >= 0.6 is 11.6 Å². The number of rotatable bonds is 6. The van der Waals surface area contributed by atoms with Crippen LogP contribution in [0.4, 0.5) is 5.69 Å². The fourth-order valence-corrected chi connectivity index (χ4v) is 2.09. The van der Waals surface area contributed by atoms with Crippen molar-refractivity contribution in [1.29, 1.82) is 0 Å². The van der Waals surface area contributed by atoms with Gasteiger partial charge in [-0.1, -0.05) is 29.7 Å². The second-order valence-electron chi connectivity index (χ2n) is 3.83. The van der Waals surface area contributed by atoms with E-state index >= 15 is 0 Å². The molecule has 0 saturated carbocycles. The largest absolute Gasteiger partial charge is 0.409 e. The van der Waals surface area contributed by atoms with Crippen LogP contribution in [0.3, 0.4) is 0 Å². The lowest BCUT2D eigenvalue weighted by atomic mass is 10.1. The Hall–Kier alpha value is -1.46. The number of hydrogen-bond donors (Lipinski definition) is 3. The molecule has 0 bridgehead atoms. The van der Waals surface area contributed by atoms with Gasteiger partial charge in [0, 0.05) is 18.8 Å². The quantitative estimate of drug-likeness (QED) is 0.318. The number of halogens is 1. The number of amidine groups is 1. The molecule has 1 aromatic rings. The van der Waals surface area contributed by atoms with Crippen LogP contribution < -0.4 is 10.6 Å². The van der Waals surface area contributed by atoms with E-state index in [4.69, 9.17) is 27.6 Å². The molecule has 0 heterocycles. The molecule has 0 aliphatic carbocycles. The first-order valence-corrected chi connectivity index (χ1v) is 6.15. The van der Waals surface area contributed by atoms with Crippen molar-refractivity contribution in [2.24, 2.45) is 10.9 Å². The summed E-state index contributed by atoms with van der Waals surface area (Å²) in [6.07, 6.45) is 0.919. The van der Waals surface area contributed by atoms with Crippen LogP contribution in [0.5, 0.6) is 0 Å². The van der Waals surface area contributed by atoms with Crippen molar-refractivity contribution in [3.05, 3.63) is 28.8 Å². The fourth-order valence-electron chi connectivity index (χ4n) is 1.82. The van der Waals surface area contributed by atoms with E-state index in [0.717, 1.165) is 18.7 Å². The van der Waals surface area contributed by atoms with Crippen LogP contribution in [-0.4, -0.2) is 35.8 Å². The summed E-state index contributed by atoms with van der Waals surface area (Å²) in [6.45, 7) is 3.30. The van der Waals surface area contributed by atoms with Crippen molar-refractivity contribution in [3.63, 3.8) is 0 Å². The van der Waals surface area contributed by atoms with Crippen LogP contribution in [0.15, 0.2) is 23.4 Å². The Morgan fingerprint density at radius 1 is 1.44 bits per heavy atom. The summed E-state index contributed by atoms with van der Waals surface area (Å²) in [7, 11) is 0. The normalized spacial score (nSPS) is 11.6. The molecule has 0 amide bonds. The molecule has 18 heavy (non-hydrogen) atoms. The van der Waals surface area contributed by atoms with Crippen LogP contribution in [0.2, 0.25) is 5.02 Å². The molecule has 4 N–H and O–H groups in total. The lowest BCUT2D eigenvalue weighted by molar-refractivity contribution is 0.302. The van der Waals surface area contributed by atoms with Crippen LogP contribution in [0.1, 0.15) is 18.9 Å². The average molecular weight is 272 g/mol. The van der Waals surface area contributed by atoms with Crippen molar-refractivity contribution < 1.29 is 10.3 Å². The van der Waals surface area contributed by atoms with Crippen molar-refractivity contribution in [2.45, 2.75) is 13.3 Å². The van der Waals surface area contributed by atoms with Crippen molar-refractivity contribution in [1.82, 2.24) is 0 Å². The maximum Gasteiger partial charge on any atom is 0.173 e. The highest BCUT2D eigenvalue weighted by molar-refractivity contribution is 6.34. The number of hydrogen-bond acceptors (Lipinski definition) is 4. The van der Waals surface area contributed by atoms with E-state index in [1.54, 1.807) is 12.1 Å². The highest BCUT2D eigenvalue weighted by Crippen LogP contribution is 2.27. The molecule has 6 heteroatoms. The first-order valence-electron chi connectivity index (χ1n) is 5.77. The Labute approximate surface area is 111 Å². The third-order valence-electron chi connectivity index (χ3n) is 2.56. The van der Waals surface area contributed by atoms with Gasteiger partial charge in [-0.3, -0.25) is 0 Å². The molecule has 0 aliphatic rings. The zero-order valence-corrected chi connectivity index (χ0v) is 11.1. The zero-order chi connectivity index (χ0) is 13.5. The zero-order valence-electron chi connectivity index (χ0n) is 10.3. The van der Waals surface area contributed by atoms with E-state index in [2.05, 4.69) is 5.16 Å². The minimum Gasteiger partial charge on any atom is -0.409 e. The first-order chi connectivity index (χ1) is 8.65. The number of aliphatic hydroxyl groups excluding tert-OH is 1. The molecule has 0 aromatic heterocycles. The Morgan fingerprint density at radius 3 is 2.72 bits per heavy atom. The van der Waals surface area contributed by atoms with Crippen LogP contribution in [-0.2, 0) is 0 Å². The second-order valence-corrected chi connectivity index (χ2v) is 4.24. The van der Waals surface area contributed by atoms with Gasteiger partial charge >= 0.3 is 0 Å². The van der Waals surface area contributed by atoms with Gasteiger partial charge in [0.2, 0.25) is 0 Å². The van der Waals surface area contributed by atoms with Crippen LogP contribution in [0.25, 0.3) is 0 Å². The number of anilines is 1. The van der Waals surface area contributed by atoms with Gasteiger partial charge in [0.1, 0.15) is 0 Å². The van der Waals surface area contributed by atoms with Crippen molar-refractivity contribution in [3.8, 4) is 0 Å².